The topological polar surface area (TPSA) is 156 Å². The molecule has 0 bridgehead atoms. The SMILES string of the molecule is CCC(CO)Nc1c(C(=O)O)cc([N+](=O)[O-])cc1[N+](=O)[O-]. The first-order chi connectivity index (χ1) is 9.81. The lowest BCUT2D eigenvalue weighted by Gasteiger charge is -2.17. The van der Waals surface area contributed by atoms with Crippen molar-refractivity contribution in [2.24, 2.45) is 0 Å². The Morgan fingerprint density at radius 3 is 2.33 bits per heavy atom. The van der Waals surface area contributed by atoms with E-state index in [-0.39, 0.29) is 12.3 Å². The van der Waals surface area contributed by atoms with Gasteiger partial charge < -0.3 is 15.5 Å². The summed E-state index contributed by atoms with van der Waals surface area (Å²) in [5.74, 6) is -1.54. The number of aromatic carboxylic acids is 1. The Labute approximate surface area is 118 Å². The maximum atomic E-state index is 11.2. The molecule has 0 spiro atoms. The van der Waals surface area contributed by atoms with Gasteiger partial charge in [-0.3, -0.25) is 20.2 Å². The Kier molecular flexibility index (Phi) is 5.13. The van der Waals surface area contributed by atoms with Gasteiger partial charge >= 0.3 is 5.97 Å². The lowest BCUT2D eigenvalue weighted by Crippen LogP contribution is -2.24. The number of nitrogens with zero attached hydrogens (tertiary/aromatic N) is 2. The number of hydrogen-bond acceptors (Lipinski definition) is 7. The van der Waals surface area contributed by atoms with Crippen molar-refractivity contribution in [3.05, 3.63) is 37.9 Å². The van der Waals surface area contributed by atoms with Gasteiger partial charge in [-0.15, -0.1) is 0 Å². The van der Waals surface area contributed by atoms with Crippen LogP contribution in [-0.4, -0.2) is 38.7 Å². The number of carbonyl (C=O) groups is 1. The van der Waals surface area contributed by atoms with E-state index in [4.69, 9.17) is 10.2 Å². The number of nitro groups is 2. The molecule has 1 aromatic rings. The van der Waals surface area contributed by atoms with E-state index in [1.54, 1.807) is 6.92 Å². The summed E-state index contributed by atoms with van der Waals surface area (Å²) in [7, 11) is 0. The zero-order chi connectivity index (χ0) is 16.2. The van der Waals surface area contributed by atoms with Gasteiger partial charge in [0.15, 0.2) is 0 Å². The molecule has 0 aliphatic carbocycles. The number of nitro benzene ring substituents is 2. The van der Waals surface area contributed by atoms with Crippen LogP contribution < -0.4 is 5.32 Å². The van der Waals surface area contributed by atoms with E-state index in [1.165, 1.54) is 0 Å². The number of hydrogen-bond donors (Lipinski definition) is 3. The molecule has 0 saturated heterocycles. The second-order valence-electron chi connectivity index (χ2n) is 4.14. The molecule has 0 amide bonds. The highest BCUT2D eigenvalue weighted by atomic mass is 16.6. The highest BCUT2D eigenvalue weighted by Crippen LogP contribution is 2.34. The highest BCUT2D eigenvalue weighted by molar-refractivity contribution is 5.98. The third kappa shape index (κ3) is 3.63. The second-order valence-corrected chi connectivity index (χ2v) is 4.14. The third-order valence-corrected chi connectivity index (χ3v) is 2.80. The van der Waals surface area contributed by atoms with Crippen LogP contribution in [0.4, 0.5) is 17.1 Å². The van der Waals surface area contributed by atoms with Crippen molar-refractivity contribution in [3.8, 4) is 0 Å². The van der Waals surface area contributed by atoms with Gasteiger partial charge in [-0.2, -0.15) is 0 Å². The fourth-order valence-electron chi connectivity index (χ4n) is 1.66. The number of aliphatic hydroxyl groups excluding tert-OH is 1. The highest BCUT2D eigenvalue weighted by Gasteiger charge is 2.28. The average Bonchev–Trinajstić information content (AvgIpc) is 2.43. The molecule has 1 aromatic carbocycles. The van der Waals surface area contributed by atoms with E-state index in [0.29, 0.717) is 12.5 Å². The van der Waals surface area contributed by atoms with Crippen LogP contribution >= 0.6 is 0 Å². The molecule has 21 heavy (non-hydrogen) atoms. The molecule has 0 radical (unpaired) electrons. The first-order valence-corrected chi connectivity index (χ1v) is 5.89. The number of carboxylic acid groups (broad SMARTS) is 1. The van der Waals surface area contributed by atoms with Crippen molar-refractivity contribution >= 4 is 23.0 Å². The number of rotatable bonds is 7. The van der Waals surface area contributed by atoms with Crippen molar-refractivity contribution < 1.29 is 24.9 Å². The van der Waals surface area contributed by atoms with E-state index in [0.717, 1.165) is 6.07 Å². The van der Waals surface area contributed by atoms with Crippen LogP contribution in [0.1, 0.15) is 23.7 Å². The van der Waals surface area contributed by atoms with Crippen LogP contribution in [0.5, 0.6) is 0 Å². The van der Waals surface area contributed by atoms with Gasteiger partial charge in [0, 0.05) is 12.1 Å². The lowest BCUT2D eigenvalue weighted by molar-refractivity contribution is -0.393. The Bertz CT molecular complexity index is 548. The molecule has 0 heterocycles. The predicted molar refractivity (Wildman–Crippen MR) is 71.5 cm³/mol. The van der Waals surface area contributed by atoms with Crippen molar-refractivity contribution in [1.82, 2.24) is 0 Å². The summed E-state index contributed by atoms with van der Waals surface area (Å²) >= 11 is 0. The van der Waals surface area contributed by atoms with Gasteiger partial charge in [0.1, 0.15) is 5.69 Å². The van der Waals surface area contributed by atoms with Crippen LogP contribution in [0.3, 0.4) is 0 Å². The zero-order valence-electron chi connectivity index (χ0n) is 11.0. The van der Waals surface area contributed by atoms with Crippen molar-refractivity contribution in [3.63, 3.8) is 0 Å². The molecule has 0 fully saturated rings. The molecule has 0 aliphatic rings. The van der Waals surface area contributed by atoms with E-state index < -0.39 is 38.8 Å². The number of aliphatic hydroxyl groups is 1. The monoisotopic (exact) mass is 299 g/mol. The normalized spacial score (nSPS) is 11.7. The fourth-order valence-corrected chi connectivity index (χ4v) is 1.66. The van der Waals surface area contributed by atoms with Gasteiger partial charge in [-0.05, 0) is 6.42 Å². The maximum absolute atomic E-state index is 11.2. The van der Waals surface area contributed by atoms with E-state index in [2.05, 4.69) is 5.32 Å². The minimum absolute atomic E-state index is 0.362. The van der Waals surface area contributed by atoms with Crippen LogP contribution in [0.15, 0.2) is 12.1 Å². The summed E-state index contributed by atoms with van der Waals surface area (Å²) in [5.41, 5.74) is -2.38. The third-order valence-electron chi connectivity index (χ3n) is 2.80. The second kappa shape index (κ2) is 6.61. The van der Waals surface area contributed by atoms with Gasteiger partial charge in [0.25, 0.3) is 11.4 Å². The first kappa shape index (κ1) is 16.3. The number of non-ortho nitro benzene ring substituents is 1. The molecule has 1 atom stereocenters. The molecule has 1 unspecified atom stereocenters. The Balaban J connectivity index is 3.53. The quantitative estimate of drug-likeness (QED) is 0.503. The minimum atomic E-state index is -1.54. The number of carboxylic acids is 1. The van der Waals surface area contributed by atoms with Gasteiger partial charge in [0.05, 0.1) is 28.1 Å². The molecule has 10 heteroatoms. The summed E-state index contributed by atoms with van der Waals surface area (Å²) < 4.78 is 0. The van der Waals surface area contributed by atoms with E-state index in [9.17, 15) is 25.0 Å². The maximum Gasteiger partial charge on any atom is 0.338 e. The largest absolute Gasteiger partial charge is 0.478 e. The molecular weight excluding hydrogens is 286 g/mol. The van der Waals surface area contributed by atoms with Crippen LogP contribution in [0, 0.1) is 20.2 Å². The van der Waals surface area contributed by atoms with E-state index in [1.807, 2.05) is 0 Å². The van der Waals surface area contributed by atoms with Crippen molar-refractivity contribution in [2.45, 2.75) is 19.4 Å². The minimum Gasteiger partial charge on any atom is -0.478 e. The molecule has 0 aromatic heterocycles. The number of nitrogens with one attached hydrogen (secondary N) is 1. The Hall–Kier alpha value is -2.75. The molecule has 114 valence electrons. The van der Waals surface area contributed by atoms with Crippen LogP contribution in [0.25, 0.3) is 0 Å². The fraction of sp³-hybridized carbons (Fsp3) is 0.364. The summed E-state index contributed by atoms with van der Waals surface area (Å²) in [5, 5.41) is 42.5. The average molecular weight is 299 g/mol. The van der Waals surface area contributed by atoms with Crippen LogP contribution in [-0.2, 0) is 0 Å². The molecule has 1 rings (SSSR count). The summed E-state index contributed by atoms with van der Waals surface area (Å²) in [4.78, 5) is 31.1. The molecule has 3 N–H and O–H groups in total. The number of anilines is 1. The summed E-state index contributed by atoms with van der Waals surface area (Å²) in [6, 6.07) is 0.809. The first-order valence-electron chi connectivity index (χ1n) is 5.89. The Morgan fingerprint density at radius 2 is 1.95 bits per heavy atom. The molecule has 10 nitrogen and oxygen atoms in total. The summed E-state index contributed by atoms with van der Waals surface area (Å²) in [6.07, 6.45) is 0.379. The number of benzene rings is 1. The van der Waals surface area contributed by atoms with Crippen LogP contribution in [0.2, 0.25) is 0 Å². The van der Waals surface area contributed by atoms with E-state index >= 15 is 0 Å². The predicted octanol–water partition coefficient (Wildman–Crippen LogP) is 1.38. The lowest BCUT2D eigenvalue weighted by atomic mass is 10.1. The smallest absolute Gasteiger partial charge is 0.338 e. The Morgan fingerprint density at radius 1 is 1.33 bits per heavy atom. The van der Waals surface area contributed by atoms with Gasteiger partial charge in [-0.1, -0.05) is 6.92 Å². The zero-order valence-corrected chi connectivity index (χ0v) is 11.0. The van der Waals surface area contributed by atoms with Gasteiger partial charge in [0.2, 0.25) is 0 Å². The molecular formula is C11H13N3O7. The molecule has 0 aliphatic heterocycles. The van der Waals surface area contributed by atoms with Crippen molar-refractivity contribution in [2.75, 3.05) is 11.9 Å². The van der Waals surface area contributed by atoms with Gasteiger partial charge in [-0.25, -0.2) is 4.79 Å². The standard InChI is InChI=1S/C11H13N3O7/c1-2-6(5-15)12-10-8(11(16)17)3-7(13(18)19)4-9(10)14(20)21/h3-4,6,12,15H,2,5H2,1H3,(H,16,17). The molecule has 0 saturated carbocycles. The van der Waals surface area contributed by atoms with Crippen molar-refractivity contribution in [1.29, 1.82) is 0 Å². The summed E-state index contributed by atoms with van der Waals surface area (Å²) in [6.45, 7) is 1.31.